The third kappa shape index (κ3) is 4.31. The third-order valence-corrected chi connectivity index (χ3v) is 6.16. The summed E-state index contributed by atoms with van der Waals surface area (Å²) in [5.41, 5.74) is 1.29. The smallest absolute Gasteiger partial charge is 0.0952 e. The van der Waals surface area contributed by atoms with Crippen LogP contribution in [0.2, 0.25) is 0 Å². The second-order valence-corrected chi connectivity index (χ2v) is 8.59. The standard InChI is InChI=1S/C19H27N3O2S/c1-15-2-3-19(25-15)11-21-9-17-8-20-14-22(17)18(10-21)13-24-12-16-4-6-23-7-5-16/h2-3,8,14,16,18H,4-7,9-13H2,1H3. The Hall–Kier alpha value is -1.21. The quantitative estimate of drug-likeness (QED) is 0.792. The summed E-state index contributed by atoms with van der Waals surface area (Å²) in [5, 5.41) is 0. The molecular formula is C19H27N3O2S. The predicted octanol–water partition coefficient (Wildman–Crippen LogP) is 3.25. The number of nitrogens with zero attached hydrogens (tertiary/aromatic N) is 3. The van der Waals surface area contributed by atoms with Crippen LogP contribution in [-0.4, -0.2) is 47.4 Å². The number of hydrogen-bond donors (Lipinski definition) is 0. The molecule has 2 aromatic heterocycles. The molecule has 1 atom stereocenters. The van der Waals surface area contributed by atoms with Gasteiger partial charge in [0.05, 0.1) is 24.7 Å². The predicted molar refractivity (Wildman–Crippen MR) is 98.8 cm³/mol. The van der Waals surface area contributed by atoms with E-state index in [4.69, 9.17) is 9.47 Å². The van der Waals surface area contributed by atoms with E-state index in [-0.39, 0.29) is 0 Å². The van der Waals surface area contributed by atoms with Crippen molar-refractivity contribution in [2.45, 2.75) is 38.9 Å². The molecule has 1 fully saturated rings. The fourth-order valence-corrected chi connectivity index (χ4v) is 4.72. The van der Waals surface area contributed by atoms with Crippen LogP contribution in [0.1, 0.15) is 34.3 Å². The summed E-state index contributed by atoms with van der Waals surface area (Å²) in [4.78, 5) is 9.70. The van der Waals surface area contributed by atoms with Crippen LogP contribution < -0.4 is 0 Å². The summed E-state index contributed by atoms with van der Waals surface area (Å²) in [6, 6.07) is 4.82. The molecule has 5 nitrogen and oxygen atoms in total. The summed E-state index contributed by atoms with van der Waals surface area (Å²) < 4.78 is 13.8. The lowest BCUT2D eigenvalue weighted by Gasteiger charge is -2.34. The van der Waals surface area contributed by atoms with E-state index in [2.05, 4.69) is 33.5 Å². The van der Waals surface area contributed by atoms with E-state index >= 15 is 0 Å². The number of ether oxygens (including phenoxy) is 2. The van der Waals surface area contributed by atoms with Crippen LogP contribution in [0, 0.1) is 12.8 Å². The maximum Gasteiger partial charge on any atom is 0.0952 e. The zero-order valence-corrected chi connectivity index (χ0v) is 15.7. The maximum atomic E-state index is 6.11. The summed E-state index contributed by atoms with van der Waals surface area (Å²) in [5.74, 6) is 0.657. The molecule has 2 aromatic rings. The van der Waals surface area contributed by atoms with Crippen LogP contribution in [-0.2, 0) is 22.6 Å². The van der Waals surface area contributed by atoms with Crippen LogP contribution in [0.3, 0.4) is 0 Å². The first-order chi connectivity index (χ1) is 12.3. The molecule has 2 aliphatic rings. The van der Waals surface area contributed by atoms with Crippen molar-refractivity contribution in [2.75, 3.05) is 33.0 Å². The highest BCUT2D eigenvalue weighted by atomic mass is 32.1. The van der Waals surface area contributed by atoms with Crippen molar-refractivity contribution >= 4 is 11.3 Å². The molecule has 0 saturated carbocycles. The van der Waals surface area contributed by atoms with E-state index in [1.165, 1.54) is 15.4 Å². The summed E-state index contributed by atoms with van der Waals surface area (Å²) >= 11 is 1.90. The minimum absolute atomic E-state index is 0.354. The number of hydrogen-bond acceptors (Lipinski definition) is 5. The Morgan fingerprint density at radius 2 is 2.16 bits per heavy atom. The van der Waals surface area contributed by atoms with E-state index in [0.29, 0.717) is 12.0 Å². The highest BCUT2D eigenvalue weighted by molar-refractivity contribution is 7.11. The molecule has 0 aliphatic carbocycles. The Morgan fingerprint density at radius 1 is 1.28 bits per heavy atom. The molecule has 0 radical (unpaired) electrons. The molecule has 0 amide bonds. The van der Waals surface area contributed by atoms with E-state index in [9.17, 15) is 0 Å². The number of rotatable bonds is 6. The average Bonchev–Trinajstić information content (AvgIpc) is 3.25. The molecular weight excluding hydrogens is 334 g/mol. The van der Waals surface area contributed by atoms with Gasteiger partial charge < -0.3 is 14.0 Å². The van der Waals surface area contributed by atoms with E-state index in [1.54, 1.807) is 0 Å². The van der Waals surface area contributed by atoms with Crippen molar-refractivity contribution in [3.05, 3.63) is 40.1 Å². The van der Waals surface area contributed by atoms with E-state index in [0.717, 1.165) is 58.9 Å². The molecule has 2 aliphatic heterocycles. The van der Waals surface area contributed by atoms with Crippen LogP contribution in [0.4, 0.5) is 0 Å². The second kappa shape index (κ2) is 7.99. The normalized spacial score (nSPS) is 22.2. The Kier molecular flexibility index (Phi) is 5.51. The Bertz CT molecular complexity index is 678. The molecule has 1 unspecified atom stereocenters. The minimum atomic E-state index is 0.354. The number of aromatic nitrogens is 2. The lowest BCUT2D eigenvalue weighted by atomic mass is 10.0. The summed E-state index contributed by atoms with van der Waals surface area (Å²) in [6.45, 7) is 8.57. The monoisotopic (exact) mass is 361 g/mol. The Balaban J connectivity index is 1.35. The largest absolute Gasteiger partial charge is 0.381 e. The first-order valence-electron chi connectivity index (χ1n) is 9.22. The zero-order valence-electron chi connectivity index (χ0n) is 14.9. The van der Waals surface area contributed by atoms with Gasteiger partial charge in [-0.1, -0.05) is 0 Å². The number of fused-ring (bicyclic) bond motifs is 1. The van der Waals surface area contributed by atoms with Crippen molar-refractivity contribution < 1.29 is 9.47 Å². The van der Waals surface area contributed by atoms with Crippen LogP contribution in [0.15, 0.2) is 24.7 Å². The average molecular weight is 362 g/mol. The zero-order chi connectivity index (χ0) is 17.1. The highest BCUT2D eigenvalue weighted by Crippen LogP contribution is 2.25. The van der Waals surface area contributed by atoms with Crippen LogP contribution >= 0.6 is 11.3 Å². The Labute approximate surface area is 153 Å². The molecule has 0 aromatic carbocycles. The molecule has 1 saturated heterocycles. The van der Waals surface area contributed by atoms with Crippen molar-refractivity contribution in [1.29, 1.82) is 0 Å². The SMILES string of the molecule is Cc1ccc(CN2Cc3cncn3C(COCC3CCOCC3)C2)s1. The molecule has 0 bridgehead atoms. The Morgan fingerprint density at radius 3 is 2.96 bits per heavy atom. The van der Waals surface area contributed by atoms with E-state index in [1.807, 2.05) is 23.9 Å². The lowest BCUT2D eigenvalue weighted by Crippen LogP contribution is -2.38. The van der Waals surface area contributed by atoms with Gasteiger partial charge in [0, 0.05) is 55.4 Å². The van der Waals surface area contributed by atoms with Crippen LogP contribution in [0.5, 0.6) is 0 Å². The molecule has 136 valence electrons. The molecule has 4 heterocycles. The first kappa shape index (κ1) is 17.2. The van der Waals surface area contributed by atoms with Gasteiger partial charge in [-0.25, -0.2) is 4.98 Å². The van der Waals surface area contributed by atoms with Gasteiger partial charge in [0.2, 0.25) is 0 Å². The topological polar surface area (TPSA) is 39.5 Å². The number of aryl methyl sites for hydroxylation is 1. The van der Waals surface area contributed by atoms with Gasteiger partial charge in [-0.3, -0.25) is 4.90 Å². The number of thiophene rings is 1. The van der Waals surface area contributed by atoms with Gasteiger partial charge in [-0.2, -0.15) is 0 Å². The van der Waals surface area contributed by atoms with Crippen molar-refractivity contribution in [3.63, 3.8) is 0 Å². The lowest BCUT2D eigenvalue weighted by molar-refractivity contribution is 0.00524. The van der Waals surface area contributed by atoms with Gasteiger partial charge >= 0.3 is 0 Å². The highest BCUT2D eigenvalue weighted by Gasteiger charge is 2.26. The number of imidazole rings is 1. The molecule has 25 heavy (non-hydrogen) atoms. The van der Waals surface area contributed by atoms with E-state index < -0.39 is 0 Å². The van der Waals surface area contributed by atoms with Gasteiger partial charge in [0.1, 0.15) is 0 Å². The molecule has 0 N–H and O–H groups in total. The fraction of sp³-hybridized carbons (Fsp3) is 0.632. The van der Waals surface area contributed by atoms with Crippen molar-refractivity contribution in [3.8, 4) is 0 Å². The van der Waals surface area contributed by atoms with Gasteiger partial charge in [-0.15, -0.1) is 11.3 Å². The first-order valence-corrected chi connectivity index (χ1v) is 10.0. The third-order valence-electron chi connectivity index (χ3n) is 5.17. The fourth-order valence-electron chi connectivity index (χ4n) is 3.79. The molecule has 6 heteroatoms. The van der Waals surface area contributed by atoms with Gasteiger partial charge in [-0.05, 0) is 37.8 Å². The summed E-state index contributed by atoms with van der Waals surface area (Å²) in [7, 11) is 0. The minimum Gasteiger partial charge on any atom is -0.381 e. The van der Waals surface area contributed by atoms with Crippen molar-refractivity contribution in [1.82, 2.24) is 14.5 Å². The summed E-state index contributed by atoms with van der Waals surface area (Å²) in [6.07, 6.45) is 6.22. The van der Waals surface area contributed by atoms with Gasteiger partial charge in [0.25, 0.3) is 0 Å². The molecule has 4 rings (SSSR count). The van der Waals surface area contributed by atoms with Gasteiger partial charge in [0.15, 0.2) is 0 Å². The van der Waals surface area contributed by atoms with Crippen molar-refractivity contribution in [2.24, 2.45) is 5.92 Å². The molecule has 0 spiro atoms. The second-order valence-electron chi connectivity index (χ2n) is 7.22. The van der Waals surface area contributed by atoms with Crippen LogP contribution in [0.25, 0.3) is 0 Å². The maximum absolute atomic E-state index is 6.11.